The summed E-state index contributed by atoms with van der Waals surface area (Å²) in [5.41, 5.74) is 13.9. The number of hydrogen-bond acceptors (Lipinski definition) is 2. The molecule has 0 saturated heterocycles. The van der Waals surface area contributed by atoms with Crippen LogP contribution < -0.4 is 11.5 Å². The first kappa shape index (κ1) is 11.1. The Bertz CT molecular complexity index is 965. The topological polar surface area (TPSA) is 52.0 Å². The molecule has 0 heterocycles. The van der Waals surface area contributed by atoms with Gasteiger partial charge in [0.25, 0.3) is 0 Å². The molecule has 96 valence electrons. The predicted octanol–water partition coefficient (Wildman–Crippen LogP) is 4.31. The Balaban J connectivity index is 2.39. The van der Waals surface area contributed by atoms with Gasteiger partial charge < -0.3 is 11.5 Å². The van der Waals surface area contributed by atoms with E-state index in [2.05, 4.69) is 30.3 Å². The van der Waals surface area contributed by atoms with Gasteiger partial charge in [-0.3, -0.25) is 0 Å². The number of nitrogens with two attached hydrogens (primary N) is 2. The van der Waals surface area contributed by atoms with Crippen LogP contribution in [0.5, 0.6) is 0 Å². The van der Waals surface area contributed by atoms with Gasteiger partial charge in [0.05, 0.1) is 11.4 Å². The van der Waals surface area contributed by atoms with Gasteiger partial charge in [-0.15, -0.1) is 0 Å². The third-order valence-electron chi connectivity index (χ3n) is 4.00. The molecule has 0 aromatic heterocycles. The first-order valence-electron chi connectivity index (χ1n) is 6.64. The van der Waals surface area contributed by atoms with Crippen LogP contribution in [0.1, 0.15) is 0 Å². The van der Waals surface area contributed by atoms with Crippen molar-refractivity contribution in [2.45, 2.75) is 0 Å². The highest BCUT2D eigenvalue weighted by atomic mass is 14.7. The maximum atomic E-state index is 6.33. The lowest BCUT2D eigenvalue weighted by Gasteiger charge is -2.13. The van der Waals surface area contributed by atoms with Crippen molar-refractivity contribution < 1.29 is 0 Å². The van der Waals surface area contributed by atoms with Gasteiger partial charge in [0.15, 0.2) is 0 Å². The van der Waals surface area contributed by atoms with Crippen molar-refractivity contribution in [3.8, 4) is 0 Å². The summed E-state index contributed by atoms with van der Waals surface area (Å²) >= 11 is 0. The van der Waals surface area contributed by atoms with Gasteiger partial charge in [0.1, 0.15) is 0 Å². The monoisotopic (exact) mass is 258 g/mol. The third kappa shape index (κ3) is 1.33. The molecule has 0 radical (unpaired) electrons. The van der Waals surface area contributed by atoms with E-state index >= 15 is 0 Å². The first-order chi connectivity index (χ1) is 9.77. The van der Waals surface area contributed by atoms with E-state index in [1.807, 2.05) is 30.3 Å². The Morgan fingerprint density at radius 2 is 1.15 bits per heavy atom. The van der Waals surface area contributed by atoms with E-state index < -0.39 is 0 Å². The molecule has 2 nitrogen and oxygen atoms in total. The zero-order valence-corrected chi connectivity index (χ0v) is 10.9. The van der Waals surface area contributed by atoms with E-state index in [0.717, 1.165) is 26.9 Å². The Labute approximate surface area is 116 Å². The molecular formula is C18H14N2. The average molecular weight is 258 g/mol. The SMILES string of the molecule is Nc1c(N)c2c3ccccc3ccc2c2ccccc12. The van der Waals surface area contributed by atoms with Crippen molar-refractivity contribution in [3.05, 3.63) is 60.7 Å². The highest BCUT2D eigenvalue weighted by molar-refractivity contribution is 6.26. The van der Waals surface area contributed by atoms with E-state index in [4.69, 9.17) is 11.5 Å². The second-order valence-electron chi connectivity index (χ2n) is 5.08. The molecule has 0 bridgehead atoms. The molecule has 4 N–H and O–H groups in total. The Hall–Kier alpha value is -2.74. The van der Waals surface area contributed by atoms with Crippen LogP contribution in [0.25, 0.3) is 32.3 Å². The Morgan fingerprint density at radius 1 is 0.500 bits per heavy atom. The summed E-state index contributed by atoms with van der Waals surface area (Å²) in [7, 11) is 0. The van der Waals surface area contributed by atoms with E-state index in [1.165, 1.54) is 5.39 Å². The van der Waals surface area contributed by atoms with Crippen LogP contribution in [-0.4, -0.2) is 0 Å². The maximum Gasteiger partial charge on any atom is 0.0640 e. The lowest BCUT2D eigenvalue weighted by Crippen LogP contribution is -1.98. The fourth-order valence-corrected chi connectivity index (χ4v) is 3.02. The van der Waals surface area contributed by atoms with Crippen molar-refractivity contribution in [3.63, 3.8) is 0 Å². The summed E-state index contributed by atoms with van der Waals surface area (Å²) in [6.45, 7) is 0. The summed E-state index contributed by atoms with van der Waals surface area (Å²) in [6, 6.07) is 20.7. The minimum Gasteiger partial charge on any atom is -0.397 e. The second-order valence-corrected chi connectivity index (χ2v) is 5.08. The number of fused-ring (bicyclic) bond motifs is 5. The van der Waals surface area contributed by atoms with Crippen molar-refractivity contribution in [2.24, 2.45) is 0 Å². The molecule has 2 heteroatoms. The molecule has 0 spiro atoms. The molecule has 20 heavy (non-hydrogen) atoms. The molecule has 0 atom stereocenters. The highest BCUT2D eigenvalue weighted by Crippen LogP contribution is 2.39. The van der Waals surface area contributed by atoms with Crippen molar-refractivity contribution in [1.82, 2.24) is 0 Å². The number of anilines is 2. The normalized spacial score (nSPS) is 11.4. The number of hydrogen-bond donors (Lipinski definition) is 2. The fraction of sp³-hybridized carbons (Fsp3) is 0. The summed E-state index contributed by atoms with van der Waals surface area (Å²) in [5, 5.41) is 6.72. The number of nitrogen functional groups attached to an aromatic ring is 2. The van der Waals surface area contributed by atoms with Crippen LogP contribution in [0.15, 0.2) is 60.7 Å². The fourth-order valence-electron chi connectivity index (χ4n) is 3.02. The minimum absolute atomic E-state index is 0.671. The molecule has 0 amide bonds. The van der Waals surface area contributed by atoms with Crippen molar-refractivity contribution in [1.29, 1.82) is 0 Å². The van der Waals surface area contributed by atoms with Crippen LogP contribution in [0.3, 0.4) is 0 Å². The predicted molar refractivity (Wildman–Crippen MR) is 87.8 cm³/mol. The van der Waals surface area contributed by atoms with Gasteiger partial charge in [-0.2, -0.15) is 0 Å². The van der Waals surface area contributed by atoms with Gasteiger partial charge in [-0.25, -0.2) is 0 Å². The van der Waals surface area contributed by atoms with E-state index in [-0.39, 0.29) is 0 Å². The first-order valence-corrected chi connectivity index (χ1v) is 6.64. The van der Waals surface area contributed by atoms with Gasteiger partial charge in [0.2, 0.25) is 0 Å². The molecule has 4 aromatic carbocycles. The molecule has 0 aliphatic carbocycles. The molecule has 0 unspecified atom stereocenters. The van der Waals surface area contributed by atoms with Crippen LogP contribution in [0, 0.1) is 0 Å². The Morgan fingerprint density at radius 3 is 1.95 bits per heavy atom. The van der Waals surface area contributed by atoms with Crippen LogP contribution in [0.2, 0.25) is 0 Å². The van der Waals surface area contributed by atoms with Crippen LogP contribution in [-0.2, 0) is 0 Å². The summed E-state index contributed by atoms with van der Waals surface area (Å²) in [5.74, 6) is 0. The summed E-state index contributed by atoms with van der Waals surface area (Å²) in [6.07, 6.45) is 0. The standard InChI is InChI=1S/C18H14N2/c19-17-15-8-4-3-7-13(15)14-10-9-11-5-1-2-6-12(11)16(14)18(17)20/h1-10H,19-20H2. The number of benzene rings is 4. The molecule has 0 aliphatic heterocycles. The van der Waals surface area contributed by atoms with E-state index in [0.29, 0.717) is 11.4 Å². The summed E-state index contributed by atoms with van der Waals surface area (Å²) < 4.78 is 0. The maximum absolute atomic E-state index is 6.33. The van der Waals surface area contributed by atoms with Gasteiger partial charge in [-0.05, 0) is 21.5 Å². The van der Waals surface area contributed by atoms with Crippen LogP contribution in [0.4, 0.5) is 11.4 Å². The van der Waals surface area contributed by atoms with E-state index in [9.17, 15) is 0 Å². The molecule has 0 fully saturated rings. The van der Waals surface area contributed by atoms with Gasteiger partial charge >= 0.3 is 0 Å². The summed E-state index contributed by atoms with van der Waals surface area (Å²) in [4.78, 5) is 0. The van der Waals surface area contributed by atoms with E-state index in [1.54, 1.807) is 0 Å². The zero-order valence-electron chi connectivity index (χ0n) is 10.9. The largest absolute Gasteiger partial charge is 0.397 e. The minimum atomic E-state index is 0.671. The molecule has 0 saturated carbocycles. The smallest absolute Gasteiger partial charge is 0.0640 e. The number of rotatable bonds is 0. The van der Waals surface area contributed by atoms with Crippen molar-refractivity contribution >= 4 is 43.7 Å². The Kier molecular flexibility index (Phi) is 2.15. The average Bonchev–Trinajstić information content (AvgIpc) is 2.51. The molecule has 4 rings (SSSR count). The molecular weight excluding hydrogens is 244 g/mol. The lowest BCUT2D eigenvalue weighted by atomic mass is 9.94. The molecule has 0 aliphatic rings. The second kappa shape index (κ2) is 3.87. The van der Waals surface area contributed by atoms with Crippen LogP contribution >= 0.6 is 0 Å². The highest BCUT2D eigenvalue weighted by Gasteiger charge is 2.11. The van der Waals surface area contributed by atoms with Crippen molar-refractivity contribution in [2.75, 3.05) is 11.5 Å². The van der Waals surface area contributed by atoms with Gasteiger partial charge in [0, 0.05) is 10.8 Å². The quantitative estimate of drug-likeness (QED) is 0.280. The lowest BCUT2D eigenvalue weighted by molar-refractivity contribution is 1.74. The third-order valence-corrected chi connectivity index (χ3v) is 4.00. The zero-order chi connectivity index (χ0) is 13.7. The molecule has 4 aromatic rings. The van der Waals surface area contributed by atoms with Gasteiger partial charge in [-0.1, -0.05) is 60.7 Å².